The second-order valence-corrected chi connectivity index (χ2v) is 7.81. The van der Waals surface area contributed by atoms with Crippen molar-refractivity contribution in [3.05, 3.63) is 29.3 Å². The molecule has 3 heteroatoms. The Bertz CT molecular complexity index is 604. The summed E-state index contributed by atoms with van der Waals surface area (Å²) in [5.74, 6) is 2.36. The molecule has 23 heavy (non-hydrogen) atoms. The van der Waals surface area contributed by atoms with Crippen LogP contribution in [0.4, 0.5) is 5.69 Å². The number of nitrogens with zero attached hydrogens (tertiary/aromatic N) is 2. The lowest BCUT2D eigenvalue weighted by molar-refractivity contribution is -0.137. The lowest BCUT2D eigenvalue weighted by Crippen LogP contribution is -2.51. The van der Waals surface area contributed by atoms with Crippen LogP contribution < -0.4 is 4.90 Å². The summed E-state index contributed by atoms with van der Waals surface area (Å²) < 4.78 is 0. The smallest absolute Gasteiger partial charge is 0.226 e. The van der Waals surface area contributed by atoms with Gasteiger partial charge in [-0.15, -0.1) is 0 Å². The molecule has 2 aliphatic carbocycles. The highest BCUT2D eigenvalue weighted by atomic mass is 16.2. The molecule has 1 amide bonds. The zero-order valence-corrected chi connectivity index (χ0v) is 14.4. The molecule has 4 rings (SSSR count). The van der Waals surface area contributed by atoms with Crippen molar-refractivity contribution in [2.45, 2.75) is 39.5 Å². The Labute approximate surface area is 139 Å². The first-order valence-electron chi connectivity index (χ1n) is 9.23. The summed E-state index contributed by atoms with van der Waals surface area (Å²) in [6, 6.07) is 6.54. The predicted octanol–water partition coefficient (Wildman–Crippen LogP) is 3.39. The quantitative estimate of drug-likeness (QED) is 0.836. The van der Waals surface area contributed by atoms with E-state index in [1.165, 1.54) is 42.5 Å². The Morgan fingerprint density at radius 1 is 1.04 bits per heavy atom. The summed E-state index contributed by atoms with van der Waals surface area (Å²) in [6.45, 7) is 8.10. The highest BCUT2D eigenvalue weighted by molar-refractivity contribution is 5.80. The van der Waals surface area contributed by atoms with Crippen molar-refractivity contribution in [2.24, 2.45) is 17.8 Å². The second kappa shape index (κ2) is 5.85. The summed E-state index contributed by atoms with van der Waals surface area (Å²) in [6.07, 6.45) is 5.15. The van der Waals surface area contributed by atoms with Gasteiger partial charge in [-0.05, 0) is 62.1 Å². The fourth-order valence-electron chi connectivity index (χ4n) is 5.03. The highest BCUT2D eigenvalue weighted by Gasteiger charge is 2.44. The summed E-state index contributed by atoms with van der Waals surface area (Å²) in [7, 11) is 0. The Kier molecular flexibility index (Phi) is 3.82. The first-order valence-corrected chi connectivity index (χ1v) is 9.23. The molecule has 0 unspecified atom stereocenters. The van der Waals surface area contributed by atoms with Crippen molar-refractivity contribution in [3.8, 4) is 0 Å². The highest BCUT2D eigenvalue weighted by Crippen LogP contribution is 2.48. The summed E-state index contributed by atoms with van der Waals surface area (Å²) in [5, 5.41) is 0. The van der Waals surface area contributed by atoms with Crippen molar-refractivity contribution < 1.29 is 4.79 Å². The van der Waals surface area contributed by atoms with Gasteiger partial charge in [0.2, 0.25) is 5.91 Å². The average molecular weight is 312 g/mol. The SMILES string of the molecule is Cc1cccc(N2CCN(C(=O)[C@H]3C[C@@H]4CC[C@@H]3C4)CC2)c1C. The van der Waals surface area contributed by atoms with Crippen LogP contribution in [0.3, 0.4) is 0 Å². The predicted molar refractivity (Wildman–Crippen MR) is 93.6 cm³/mol. The maximum Gasteiger partial charge on any atom is 0.226 e. The molecule has 2 bridgehead atoms. The number of fused-ring (bicyclic) bond motifs is 2. The maximum atomic E-state index is 12.9. The third kappa shape index (κ3) is 2.64. The van der Waals surface area contributed by atoms with Crippen LogP contribution in [-0.2, 0) is 4.79 Å². The number of carbonyl (C=O) groups excluding carboxylic acids is 1. The number of hydrogen-bond donors (Lipinski definition) is 0. The number of aryl methyl sites for hydroxylation is 1. The van der Waals surface area contributed by atoms with Crippen LogP contribution in [0.25, 0.3) is 0 Å². The third-order valence-electron chi connectivity index (χ3n) is 6.56. The van der Waals surface area contributed by atoms with E-state index >= 15 is 0 Å². The van der Waals surface area contributed by atoms with Gasteiger partial charge >= 0.3 is 0 Å². The molecule has 1 aromatic rings. The van der Waals surface area contributed by atoms with Crippen LogP contribution in [0.15, 0.2) is 18.2 Å². The van der Waals surface area contributed by atoms with E-state index in [-0.39, 0.29) is 0 Å². The second-order valence-electron chi connectivity index (χ2n) is 7.81. The first-order chi connectivity index (χ1) is 11.1. The summed E-state index contributed by atoms with van der Waals surface area (Å²) >= 11 is 0. The molecule has 1 aliphatic heterocycles. The van der Waals surface area contributed by atoms with Crippen LogP contribution >= 0.6 is 0 Å². The third-order valence-corrected chi connectivity index (χ3v) is 6.56. The fourth-order valence-corrected chi connectivity index (χ4v) is 5.03. The molecule has 1 aromatic carbocycles. The lowest BCUT2D eigenvalue weighted by Gasteiger charge is -2.39. The van der Waals surface area contributed by atoms with Crippen molar-refractivity contribution in [3.63, 3.8) is 0 Å². The van der Waals surface area contributed by atoms with Gasteiger partial charge in [0.05, 0.1) is 0 Å². The summed E-state index contributed by atoms with van der Waals surface area (Å²) in [5.41, 5.74) is 4.07. The molecule has 0 radical (unpaired) electrons. The largest absolute Gasteiger partial charge is 0.368 e. The van der Waals surface area contributed by atoms with Crippen molar-refractivity contribution in [1.29, 1.82) is 0 Å². The Morgan fingerprint density at radius 3 is 2.48 bits per heavy atom. The van der Waals surface area contributed by atoms with Crippen LogP contribution in [0, 0.1) is 31.6 Å². The van der Waals surface area contributed by atoms with Gasteiger partial charge in [0.15, 0.2) is 0 Å². The van der Waals surface area contributed by atoms with Crippen molar-refractivity contribution >= 4 is 11.6 Å². The van der Waals surface area contributed by atoms with Crippen LogP contribution in [0.2, 0.25) is 0 Å². The van der Waals surface area contributed by atoms with E-state index in [9.17, 15) is 4.79 Å². The number of benzene rings is 1. The number of amides is 1. The molecule has 124 valence electrons. The zero-order valence-electron chi connectivity index (χ0n) is 14.4. The van der Waals surface area contributed by atoms with Gasteiger partial charge in [-0.1, -0.05) is 18.6 Å². The van der Waals surface area contributed by atoms with Gasteiger partial charge in [-0.3, -0.25) is 4.79 Å². The first kappa shape index (κ1) is 15.0. The number of piperazine rings is 1. The van der Waals surface area contributed by atoms with Gasteiger partial charge in [0.25, 0.3) is 0 Å². The number of rotatable bonds is 2. The molecule has 0 aromatic heterocycles. The minimum Gasteiger partial charge on any atom is -0.368 e. The van der Waals surface area contributed by atoms with Crippen molar-refractivity contribution in [1.82, 2.24) is 4.90 Å². The van der Waals surface area contributed by atoms with Crippen LogP contribution in [-0.4, -0.2) is 37.0 Å². The average Bonchev–Trinajstić information content (AvgIpc) is 3.20. The summed E-state index contributed by atoms with van der Waals surface area (Å²) in [4.78, 5) is 17.5. The van der Waals surface area contributed by atoms with E-state index in [1.807, 2.05) is 0 Å². The number of carbonyl (C=O) groups is 1. The van der Waals surface area contributed by atoms with E-state index in [1.54, 1.807) is 0 Å². The van der Waals surface area contributed by atoms with E-state index < -0.39 is 0 Å². The van der Waals surface area contributed by atoms with Crippen LogP contribution in [0.1, 0.15) is 36.8 Å². The molecular weight excluding hydrogens is 284 g/mol. The molecule has 2 saturated carbocycles. The van der Waals surface area contributed by atoms with Gasteiger partial charge in [0.1, 0.15) is 0 Å². The molecule has 1 heterocycles. The molecule has 3 fully saturated rings. The van der Waals surface area contributed by atoms with Crippen LogP contribution in [0.5, 0.6) is 0 Å². The van der Waals surface area contributed by atoms with Gasteiger partial charge < -0.3 is 9.80 Å². The molecular formula is C20H28N2O. The minimum atomic E-state index is 0.348. The Hall–Kier alpha value is -1.51. The van der Waals surface area contributed by atoms with Gasteiger partial charge in [-0.2, -0.15) is 0 Å². The maximum absolute atomic E-state index is 12.9. The molecule has 1 saturated heterocycles. The normalized spacial score (nSPS) is 30.1. The topological polar surface area (TPSA) is 23.6 Å². The van der Waals surface area contributed by atoms with E-state index in [4.69, 9.17) is 0 Å². The standard InChI is InChI=1S/C20H28N2O/c1-14-4-3-5-19(15(14)2)21-8-10-22(11-9-21)20(23)18-13-16-6-7-17(18)12-16/h3-5,16-18H,6-13H2,1-2H3/t16-,17-,18+/m1/s1. The molecule has 0 spiro atoms. The number of hydrogen-bond acceptors (Lipinski definition) is 2. The van der Waals surface area contributed by atoms with E-state index in [2.05, 4.69) is 41.8 Å². The molecule has 0 N–H and O–H groups in total. The fraction of sp³-hybridized carbons (Fsp3) is 0.650. The van der Waals surface area contributed by atoms with Crippen molar-refractivity contribution in [2.75, 3.05) is 31.1 Å². The lowest BCUT2D eigenvalue weighted by atomic mass is 9.87. The monoisotopic (exact) mass is 312 g/mol. The minimum absolute atomic E-state index is 0.348. The molecule has 3 aliphatic rings. The molecule has 3 nitrogen and oxygen atoms in total. The number of anilines is 1. The van der Waals surface area contributed by atoms with Gasteiger partial charge in [-0.25, -0.2) is 0 Å². The zero-order chi connectivity index (χ0) is 16.0. The Morgan fingerprint density at radius 2 is 1.83 bits per heavy atom. The Balaban J connectivity index is 1.39. The molecule has 3 atom stereocenters. The van der Waals surface area contributed by atoms with E-state index in [0.717, 1.165) is 32.1 Å². The van der Waals surface area contributed by atoms with E-state index in [0.29, 0.717) is 17.7 Å². The van der Waals surface area contributed by atoms with Gasteiger partial charge in [0, 0.05) is 37.8 Å².